The van der Waals surface area contributed by atoms with Gasteiger partial charge in [-0.2, -0.15) is 0 Å². The summed E-state index contributed by atoms with van der Waals surface area (Å²) in [6, 6.07) is 6.80. The van der Waals surface area contributed by atoms with Crippen molar-refractivity contribution < 1.29 is 18.7 Å². The van der Waals surface area contributed by atoms with Crippen molar-refractivity contribution >= 4 is 12.9 Å². The maximum atomic E-state index is 12.4. The van der Waals surface area contributed by atoms with Crippen LogP contribution in [0.1, 0.15) is 32.4 Å². The van der Waals surface area contributed by atoms with E-state index in [9.17, 15) is 9.67 Å². The van der Waals surface area contributed by atoms with Crippen LogP contribution in [0, 0.1) is 0 Å². The summed E-state index contributed by atoms with van der Waals surface area (Å²) in [7, 11) is -3.20. The molecule has 1 aromatic rings. The van der Waals surface area contributed by atoms with Crippen molar-refractivity contribution in [1.29, 1.82) is 0 Å². The topological polar surface area (TPSA) is 55.8 Å². The van der Waals surface area contributed by atoms with Gasteiger partial charge in [-0.25, -0.2) is 0 Å². The highest BCUT2D eigenvalue weighted by molar-refractivity contribution is 7.62. The van der Waals surface area contributed by atoms with Gasteiger partial charge in [-0.3, -0.25) is 4.57 Å². The summed E-state index contributed by atoms with van der Waals surface area (Å²) < 4.78 is 22.8. The summed E-state index contributed by atoms with van der Waals surface area (Å²) in [6.07, 6.45) is -0.539. The van der Waals surface area contributed by atoms with Crippen molar-refractivity contribution in [3.63, 3.8) is 0 Å². The molecule has 0 amide bonds. The molecule has 0 aliphatic carbocycles. The molecule has 1 unspecified atom stereocenters. The fourth-order valence-corrected chi connectivity index (χ4v) is 3.03. The molecule has 0 bridgehead atoms. The van der Waals surface area contributed by atoms with Crippen molar-refractivity contribution in [3.05, 3.63) is 29.8 Å². The van der Waals surface area contributed by atoms with Crippen LogP contribution in [-0.4, -0.2) is 18.3 Å². The fourth-order valence-electron chi connectivity index (χ4n) is 1.46. The van der Waals surface area contributed by atoms with Crippen molar-refractivity contribution in [2.45, 2.75) is 26.9 Å². The molecule has 0 heterocycles. The second-order valence-corrected chi connectivity index (χ2v) is 5.63. The molecule has 17 heavy (non-hydrogen) atoms. The van der Waals surface area contributed by atoms with E-state index < -0.39 is 13.7 Å². The highest BCUT2D eigenvalue weighted by Crippen LogP contribution is 2.46. The SMILES string of the molecule is CCOP(=O)(OCC)c1ccc(C(C)O)cc1. The maximum Gasteiger partial charge on any atom is 0.361 e. The lowest BCUT2D eigenvalue weighted by Crippen LogP contribution is -2.11. The molecule has 1 rings (SSSR count). The monoisotopic (exact) mass is 258 g/mol. The van der Waals surface area contributed by atoms with E-state index in [-0.39, 0.29) is 0 Å². The third kappa shape index (κ3) is 3.65. The molecule has 0 saturated heterocycles. The zero-order chi connectivity index (χ0) is 12.9. The molecule has 0 fully saturated rings. The van der Waals surface area contributed by atoms with Crippen LogP contribution in [0.5, 0.6) is 0 Å². The first kappa shape index (κ1) is 14.4. The quantitative estimate of drug-likeness (QED) is 0.797. The predicted molar refractivity (Wildman–Crippen MR) is 67.6 cm³/mol. The third-order valence-electron chi connectivity index (χ3n) is 2.29. The first-order valence-electron chi connectivity index (χ1n) is 5.71. The second kappa shape index (κ2) is 6.31. The minimum atomic E-state index is -3.20. The molecule has 0 aliphatic rings. The number of hydrogen-bond acceptors (Lipinski definition) is 4. The molecule has 1 atom stereocenters. The molecule has 0 saturated carbocycles. The Labute approximate surface area is 102 Å². The Hall–Kier alpha value is -0.670. The van der Waals surface area contributed by atoms with Gasteiger partial charge in [-0.05, 0) is 38.5 Å². The van der Waals surface area contributed by atoms with E-state index >= 15 is 0 Å². The van der Waals surface area contributed by atoms with Gasteiger partial charge in [-0.15, -0.1) is 0 Å². The van der Waals surface area contributed by atoms with Crippen LogP contribution in [0.3, 0.4) is 0 Å². The van der Waals surface area contributed by atoms with Gasteiger partial charge in [0.25, 0.3) is 0 Å². The summed E-state index contributed by atoms with van der Waals surface area (Å²) in [5.74, 6) is 0. The first-order chi connectivity index (χ1) is 8.03. The van der Waals surface area contributed by atoms with Gasteiger partial charge in [-0.1, -0.05) is 12.1 Å². The van der Waals surface area contributed by atoms with Crippen molar-refractivity contribution in [1.82, 2.24) is 0 Å². The number of rotatable bonds is 6. The Morgan fingerprint density at radius 2 is 1.65 bits per heavy atom. The molecule has 1 N–H and O–H groups in total. The Bertz CT molecular complexity index is 376. The van der Waals surface area contributed by atoms with Crippen LogP contribution >= 0.6 is 7.60 Å². The van der Waals surface area contributed by atoms with Crippen LogP contribution in [0.2, 0.25) is 0 Å². The number of aliphatic hydroxyl groups excluding tert-OH is 1. The van der Waals surface area contributed by atoms with Gasteiger partial charge < -0.3 is 14.2 Å². The fraction of sp³-hybridized carbons (Fsp3) is 0.500. The van der Waals surface area contributed by atoms with Gasteiger partial charge in [0.1, 0.15) is 0 Å². The molecule has 4 nitrogen and oxygen atoms in total. The van der Waals surface area contributed by atoms with E-state index in [0.29, 0.717) is 18.5 Å². The van der Waals surface area contributed by atoms with Crippen molar-refractivity contribution in [2.24, 2.45) is 0 Å². The Kier molecular flexibility index (Phi) is 5.34. The highest BCUT2D eigenvalue weighted by atomic mass is 31.2. The molecular formula is C12H19O4P. The minimum absolute atomic E-state index is 0.329. The molecule has 0 radical (unpaired) electrons. The number of aliphatic hydroxyl groups is 1. The van der Waals surface area contributed by atoms with Crippen molar-refractivity contribution in [3.8, 4) is 0 Å². The van der Waals surface area contributed by atoms with E-state index in [4.69, 9.17) is 9.05 Å². The Balaban J connectivity index is 2.99. The van der Waals surface area contributed by atoms with Crippen LogP contribution < -0.4 is 5.30 Å². The standard InChI is InChI=1S/C12H19O4P/c1-4-15-17(14,16-5-2)12-8-6-11(7-9-12)10(3)13/h6-10,13H,4-5H2,1-3H3. The molecular weight excluding hydrogens is 239 g/mol. The Morgan fingerprint density at radius 1 is 1.18 bits per heavy atom. The number of benzene rings is 1. The summed E-state index contributed by atoms with van der Waals surface area (Å²) in [4.78, 5) is 0. The van der Waals surface area contributed by atoms with Crippen LogP contribution in [-0.2, 0) is 13.6 Å². The molecule has 0 aliphatic heterocycles. The lowest BCUT2D eigenvalue weighted by Gasteiger charge is -2.17. The van der Waals surface area contributed by atoms with Crippen LogP contribution in [0.15, 0.2) is 24.3 Å². The highest BCUT2D eigenvalue weighted by Gasteiger charge is 2.26. The van der Waals surface area contributed by atoms with E-state index in [0.717, 1.165) is 5.56 Å². The van der Waals surface area contributed by atoms with Gasteiger partial charge in [0.15, 0.2) is 0 Å². The first-order valence-corrected chi connectivity index (χ1v) is 7.25. The number of hydrogen-bond donors (Lipinski definition) is 1. The average molecular weight is 258 g/mol. The zero-order valence-corrected chi connectivity index (χ0v) is 11.3. The van der Waals surface area contributed by atoms with Crippen LogP contribution in [0.4, 0.5) is 0 Å². The molecule has 5 heteroatoms. The summed E-state index contributed by atoms with van der Waals surface area (Å²) >= 11 is 0. The molecule has 96 valence electrons. The largest absolute Gasteiger partial charge is 0.389 e. The van der Waals surface area contributed by atoms with Gasteiger partial charge in [0.05, 0.1) is 24.6 Å². The maximum absolute atomic E-state index is 12.4. The van der Waals surface area contributed by atoms with Crippen molar-refractivity contribution in [2.75, 3.05) is 13.2 Å². The van der Waals surface area contributed by atoms with Crippen LogP contribution in [0.25, 0.3) is 0 Å². The zero-order valence-electron chi connectivity index (χ0n) is 10.4. The lowest BCUT2D eigenvalue weighted by atomic mass is 10.1. The smallest absolute Gasteiger partial charge is 0.361 e. The third-order valence-corrected chi connectivity index (χ3v) is 4.42. The van der Waals surface area contributed by atoms with E-state index in [2.05, 4.69) is 0 Å². The Morgan fingerprint density at radius 3 is 2.00 bits per heavy atom. The van der Waals surface area contributed by atoms with E-state index in [1.54, 1.807) is 45.0 Å². The average Bonchev–Trinajstić information content (AvgIpc) is 2.30. The van der Waals surface area contributed by atoms with Gasteiger partial charge in [0.2, 0.25) is 0 Å². The van der Waals surface area contributed by atoms with E-state index in [1.165, 1.54) is 0 Å². The molecule has 1 aromatic carbocycles. The second-order valence-electron chi connectivity index (χ2n) is 3.60. The van der Waals surface area contributed by atoms with Gasteiger partial charge >= 0.3 is 7.60 Å². The predicted octanol–water partition coefficient (Wildman–Crippen LogP) is 2.63. The normalized spacial score (nSPS) is 13.6. The van der Waals surface area contributed by atoms with E-state index in [1.807, 2.05) is 0 Å². The summed E-state index contributed by atoms with van der Waals surface area (Å²) in [5, 5.41) is 9.91. The molecule has 0 aromatic heterocycles. The minimum Gasteiger partial charge on any atom is -0.389 e. The molecule has 0 spiro atoms. The summed E-state index contributed by atoms with van der Waals surface area (Å²) in [5.41, 5.74) is 0.772. The summed E-state index contributed by atoms with van der Waals surface area (Å²) in [6.45, 7) is 5.89. The lowest BCUT2D eigenvalue weighted by molar-refractivity contribution is 0.199. The van der Waals surface area contributed by atoms with Gasteiger partial charge in [0, 0.05) is 0 Å².